The summed E-state index contributed by atoms with van der Waals surface area (Å²) in [5.74, 6) is -4.15. The number of halogens is 5. The molecule has 1 rings (SSSR count). The number of hydrogen-bond donors (Lipinski definition) is 1. The number of anilines is 1. The summed E-state index contributed by atoms with van der Waals surface area (Å²) in [6.45, 7) is -0.526. The zero-order valence-corrected chi connectivity index (χ0v) is 10.1. The zero-order chi connectivity index (χ0) is 14.6. The van der Waals surface area contributed by atoms with Gasteiger partial charge in [0.1, 0.15) is 6.61 Å². The summed E-state index contributed by atoms with van der Waals surface area (Å²) in [6, 6.07) is 1.13. The zero-order valence-electron chi connectivity index (χ0n) is 9.26. The lowest BCUT2D eigenvalue weighted by Gasteiger charge is -2.08. The van der Waals surface area contributed by atoms with Gasteiger partial charge in [-0.3, -0.25) is 0 Å². The lowest BCUT2D eigenvalue weighted by Crippen LogP contribution is -2.13. The maximum absolute atomic E-state index is 12.9. The van der Waals surface area contributed by atoms with Crippen molar-refractivity contribution < 1.29 is 31.5 Å². The molecule has 0 fully saturated rings. The minimum atomic E-state index is -4.42. The Morgan fingerprint density at radius 1 is 1.26 bits per heavy atom. The molecule has 9 heteroatoms. The van der Waals surface area contributed by atoms with Crippen molar-refractivity contribution in [3.8, 4) is 0 Å². The highest BCUT2D eigenvalue weighted by molar-refractivity contribution is 8.00. The number of alkyl halides is 3. The third kappa shape index (κ3) is 4.93. The first kappa shape index (κ1) is 15.5. The fourth-order valence-corrected chi connectivity index (χ4v) is 1.51. The Bertz CT molecular complexity index is 478. The van der Waals surface area contributed by atoms with Crippen molar-refractivity contribution in [1.29, 1.82) is 0 Å². The second kappa shape index (κ2) is 6.09. The highest BCUT2D eigenvalue weighted by Crippen LogP contribution is 2.29. The third-order valence-corrected chi connectivity index (χ3v) is 2.59. The second-order valence-corrected chi connectivity index (χ2v) is 4.44. The standard InChI is InChI=1S/C10H8F5NO2S/c11-6-3-5(8(16)4-7(6)12)9(17)18-1-2-19-10(13,14)15/h3-4H,1-2,16H2. The number of nitrogens with two attached hydrogens (primary N) is 1. The summed E-state index contributed by atoms with van der Waals surface area (Å²) >= 11 is -0.362. The smallest absolute Gasteiger partial charge is 0.441 e. The summed E-state index contributed by atoms with van der Waals surface area (Å²) in [5, 5.41) is 0. The average molecular weight is 301 g/mol. The molecule has 0 spiro atoms. The fraction of sp³-hybridized carbons (Fsp3) is 0.300. The average Bonchev–Trinajstić information content (AvgIpc) is 2.28. The Morgan fingerprint density at radius 3 is 2.42 bits per heavy atom. The molecule has 0 atom stereocenters. The number of hydrogen-bond acceptors (Lipinski definition) is 4. The van der Waals surface area contributed by atoms with Crippen molar-refractivity contribution >= 4 is 23.4 Å². The van der Waals surface area contributed by atoms with E-state index in [0.29, 0.717) is 12.1 Å². The van der Waals surface area contributed by atoms with Crippen LogP contribution in [0.4, 0.5) is 27.6 Å². The van der Waals surface area contributed by atoms with Crippen LogP contribution in [-0.4, -0.2) is 23.8 Å². The number of ether oxygens (including phenoxy) is 1. The number of nitrogen functional groups attached to an aromatic ring is 1. The number of benzene rings is 1. The van der Waals surface area contributed by atoms with E-state index in [2.05, 4.69) is 4.74 Å². The van der Waals surface area contributed by atoms with Crippen molar-refractivity contribution in [3.63, 3.8) is 0 Å². The highest BCUT2D eigenvalue weighted by atomic mass is 32.2. The first-order valence-corrected chi connectivity index (χ1v) is 5.81. The van der Waals surface area contributed by atoms with Gasteiger partial charge in [0.25, 0.3) is 0 Å². The van der Waals surface area contributed by atoms with Crippen LogP contribution in [0.5, 0.6) is 0 Å². The summed E-state index contributed by atoms with van der Waals surface area (Å²) < 4.78 is 65.4. The predicted octanol–water partition coefficient (Wildman–Crippen LogP) is 2.96. The van der Waals surface area contributed by atoms with Gasteiger partial charge < -0.3 is 10.5 Å². The van der Waals surface area contributed by atoms with Gasteiger partial charge in [-0.2, -0.15) is 13.2 Å². The molecule has 1 aromatic rings. The maximum atomic E-state index is 12.9. The summed E-state index contributed by atoms with van der Waals surface area (Å²) in [6.07, 6.45) is 0. The maximum Gasteiger partial charge on any atom is 0.441 e. The first-order chi connectivity index (χ1) is 8.70. The van der Waals surface area contributed by atoms with E-state index < -0.39 is 41.0 Å². The second-order valence-electron chi connectivity index (χ2n) is 3.28. The number of rotatable bonds is 4. The monoisotopic (exact) mass is 301 g/mol. The normalized spacial score (nSPS) is 11.4. The van der Waals surface area contributed by atoms with Gasteiger partial charge in [-0.05, 0) is 17.8 Å². The lowest BCUT2D eigenvalue weighted by atomic mass is 10.1. The van der Waals surface area contributed by atoms with Crippen LogP contribution in [0.15, 0.2) is 12.1 Å². The molecule has 0 heterocycles. The summed E-state index contributed by atoms with van der Waals surface area (Å²) in [7, 11) is 0. The molecule has 0 bridgehead atoms. The molecular formula is C10H8F5NO2S. The molecule has 19 heavy (non-hydrogen) atoms. The first-order valence-electron chi connectivity index (χ1n) is 4.83. The molecule has 0 saturated heterocycles. The van der Waals surface area contributed by atoms with Crippen LogP contribution < -0.4 is 5.73 Å². The van der Waals surface area contributed by atoms with E-state index >= 15 is 0 Å². The van der Waals surface area contributed by atoms with E-state index in [-0.39, 0.29) is 17.4 Å². The topological polar surface area (TPSA) is 52.3 Å². The van der Waals surface area contributed by atoms with Gasteiger partial charge in [-0.1, -0.05) is 0 Å². The van der Waals surface area contributed by atoms with E-state index in [1.54, 1.807) is 0 Å². The van der Waals surface area contributed by atoms with Gasteiger partial charge in [0.15, 0.2) is 11.6 Å². The lowest BCUT2D eigenvalue weighted by molar-refractivity contribution is -0.0331. The Labute approximate surface area is 108 Å². The van der Waals surface area contributed by atoms with Crippen molar-refractivity contribution in [2.75, 3.05) is 18.1 Å². The van der Waals surface area contributed by atoms with E-state index in [4.69, 9.17) is 5.73 Å². The molecule has 1 aromatic carbocycles. The summed E-state index contributed by atoms with van der Waals surface area (Å²) in [4.78, 5) is 11.4. The van der Waals surface area contributed by atoms with Gasteiger partial charge in [0, 0.05) is 17.5 Å². The van der Waals surface area contributed by atoms with Crippen LogP contribution in [0, 0.1) is 11.6 Å². The Hall–Kier alpha value is -1.51. The molecule has 0 unspecified atom stereocenters. The van der Waals surface area contributed by atoms with Crippen LogP contribution in [0.1, 0.15) is 10.4 Å². The molecule has 0 amide bonds. The van der Waals surface area contributed by atoms with Crippen LogP contribution in [-0.2, 0) is 4.74 Å². The third-order valence-electron chi connectivity index (χ3n) is 1.89. The van der Waals surface area contributed by atoms with E-state index in [0.717, 1.165) is 0 Å². The van der Waals surface area contributed by atoms with Gasteiger partial charge in [0.05, 0.1) is 5.56 Å². The molecule has 0 radical (unpaired) electrons. The SMILES string of the molecule is Nc1cc(F)c(F)cc1C(=O)OCCSC(F)(F)F. The van der Waals surface area contributed by atoms with Crippen molar-refractivity contribution in [1.82, 2.24) is 0 Å². The van der Waals surface area contributed by atoms with Crippen molar-refractivity contribution in [2.24, 2.45) is 0 Å². The minimum absolute atomic E-state index is 0.354. The molecule has 0 aliphatic carbocycles. The highest BCUT2D eigenvalue weighted by Gasteiger charge is 2.27. The van der Waals surface area contributed by atoms with E-state index in [9.17, 15) is 26.7 Å². The molecule has 106 valence electrons. The molecule has 0 aromatic heterocycles. The molecule has 0 aliphatic heterocycles. The van der Waals surface area contributed by atoms with Crippen LogP contribution in [0.2, 0.25) is 0 Å². The quantitative estimate of drug-likeness (QED) is 0.402. The van der Waals surface area contributed by atoms with Gasteiger partial charge in [-0.15, -0.1) is 0 Å². The predicted molar refractivity (Wildman–Crippen MR) is 59.6 cm³/mol. The largest absolute Gasteiger partial charge is 0.461 e. The Kier molecular flexibility index (Phi) is 4.98. The Balaban J connectivity index is 2.57. The van der Waals surface area contributed by atoms with Crippen LogP contribution in [0.25, 0.3) is 0 Å². The number of carbonyl (C=O) groups is 1. The van der Waals surface area contributed by atoms with Crippen LogP contribution >= 0.6 is 11.8 Å². The van der Waals surface area contributed by atoms with Gasteiger partial charge >= 0.3 is 11.5 Å². The molecule has 2 N–H and O–H groups in total. The molecule has 0 aliphatic rings. The minimum Gasteiger partial charge on any atom is -0.461 e. The van der Waals surface area contributed by atoms with Crippen molar-refractivity contribution in [2.45, 2.75) is 5.51 Å². The van der Waals surface area contributed by atoms with Crippen LogP contribution in [0.3, 0.4) is 0 Å². The number of esters is 1. The summed E-state index contributed by atoms with van der Waals surface area (Å²) in [5.41, 5.74) is 0.0602. The molecule has 3 nitrogen and oxygen atoms in total. The molecule has 0 saturated carbocycles. The fourth-order valence-electron chi connectivity index (χ4n) is 1.11. The molecular weight excluding hydrogens is 293 g/mol. The van der Waals surface area contributed by atoms with E-state index in [1.165, 1.54) is 0 Å². The van der Waals surface area contributed by atoms with Gasteiger partial charge in [-0.25, -0.2) is 13.6 Å². The number of thioether (sulfide) groups is 1. The number of carbonyl (C=O) groups excluding carboxylic acids is 1. The van der Waals surface area contributed by atoms with Gasteiger partial charge in [0.2, 0.25) is 0 Å². The van der Waals surface area contributed by atoms with E-state index in [1.807, 2.05) is 0 Å². The van der Waals surface area contributed by atoms with Crippen molar-refractivity contribution in [3.05, 3.63) is 29.3 Å². The Morgan fingerprint density at radius 2 is 1.84 bits per heavy atom.